The topological polar surface area (TPSA) is 103 Å². The minimum absolute atomic E-state index is 0.106. The normalized spacial score (nSPS) is 10.7. The standard InChI is InChI=1S/C31H25NO6/c33-28(17-16-27-7-4-20-37-27)24-12-14-26(15-13-24)32-30(35)18-19-31(36)38-21-29(34)25-10-8-23(9-11-25)22-5-2-1-3-6-22/h1-17,20H,18-19,21H2,(H,32,35). The second-order valence-electron chi connectivity index (χ2n) is 8.37. The SMILES string of the molecule is O=C(CCC(=O)OCC(=O)c1ccc(-c2ccccc2)cc1)Nc1ccc(C(=O)C=Cc2ccco2)cc1. The summed E-state index contributed by atoms with van der Waals surface area (Å²) in [5.41, 5.74) is 3.40. The molecule has 1 N–H and O–H groups in total. The molecule has 0 radical (unpaired) electrons. The van der Waals surface area contributed by atoms with Gasteiger partial charge in [-0.15, -0.1) is 0 Å². The summed E-state index contributed by atoms with van der Waals surface area (Å²) < 4.78 is 10.2. The van der Waals surface area contributed by atoms with Crippen molar-refractivity contribution in [3.05, 3.63) is 120 Å². The molecule has 1 aromatic heterocycles. The van der Waals surface area contributed by atoms with Crippen molar-refractivity contribution in [2.75, 3.05) is 11.9 Å². The highest BCUT2D eigenvalue weighted by Crippen LogP contribution is 2.19. The number of esters is 1. The minimum atomic E-state index is -0.640. The summed E-state index contributed by atoms with van der Waals surface area (Å²) in [6.45, 7) is -0.394. The minimum Gasteiger partial charge on any atom is -0.465 e. The van der Waals surface area contributed by atoms with Gasteiger partial charge in [-0.25, -0.2) is 0 Å². The van der Waals surface area contributed by atoms with Crippen LogP contribution in [0.3, 0.4) is 0 Å². The molecule has 7 heteroatoms. The molecule has 4 aromatic rings. The number of ketones is 2. The van der Waals surface area contributed by atoms with Gasteiger partial charge in [0.15, 0.2) is 18.2 Å². The first-order valence-electron chi connectivity index (χ1n) is 12.0. The highest BCUT2D eigenvalue weighted by Gasteiger charge is 2.13. The lowest BCUT2D eigenvalue weighted by molar-refractivity contribution is -0.143. The lowest BCUT2D eigenvalue weighted by Gasteiger charge is -2.07. The Morgan fingerprint density at radius 1 is 0.737 bits per heavy atom. The molecule has 38 heavy (non-hydrogen) atoms. The number of furan rings is 1. The van der Waals surface area contributed by atoms with E-state index in [1.54, 1.807) is 54.6 Å². The Bertz CT molecular complexity index is 1420. The van der Waals surface area contributed by atoms with E-state index in [0.717, 1.165) is 11.1 Å². The van der Waals surface area contributed by atoms with Crippen LogP contribution in [0.25, 0.3) is 17.2 Å². The molecule has 190 valence electrons. The van der Waals surface area contributed by atoms with Crippen LogP contribution in [0.2, 0.25) is 0 Å². The Morgan fingerprint density at radius 3 is 2.11 bits per heavy atom. The number of benzene rings is 3. The summed E-state index contributed by atoms with van der Waals surface area (Å²) in [6.07, 6.45) is 4.23. The number of allylic oxidation sites excluding steroid dienone is 1. The highest BCUT2D eigenvalue weighted by atomic mass is 16.5. The maximum Gasteiger partial charge on any atom is 0.306 e. The summed E-state index contributed by atoms with van der Waals surface area (Å²) >= 11 is 0. The van der Waals surface area contributed by atoms with Crippen molar-refractivity contribution in [2.45, 2.75) is 12.8 Å². The number of nitrogens with one attached hydrogen (secondary N) is 1. The molecule has 1 amide bonds. The van der Waals surface area contributed by atoms with Crippen LogP contribution >= 0.6 is 0 Å². The van der Waals surface area contributed by atoms with Crippen LogP contribution in [0.4, 0.5) is 5.69 Å². The van der Waals surface area contributed by atoms with Crippen LogP contribution < -0.4 is 5.32 Å². The molecule has 0 spiro atoms. The van der Waals surface area contributed by atoms with Gasteiger partial charge in [0.2, 0.25) is 5.91 Å². The largest absolute Gasteiger partial charge is 0.465 e. The third kappa shape index (κ3) is 7.48. The molecule has 0 unspecified atom stereocenters. The molecule has 0 aliphatic heterocycles. The third-order valence-electron chi connectivity index (χ3n) is 5.63. The molecule has 0 saturated carbocycles. The quantitative estimate of drug-likeness (QED) is 0.152. The van der Waals surface area contributed by atoms with Gasteiger partial charge in [-0.2, -0.15) is 0 Å². The molecule has 3 aromatic carbocycles. The predicted molar refractivity (Wildman–Crippen MR) is 144 cm³/mol. The Hall–Kier alpha value is -5.04. The first kappa shape index (κ1) is 26.0. The number of ether oxygens (including phenoxy) is 1. The zero-order valence-electron chi connectivity index (χ0n) is 20.5. The molecule has 0 fully saturated rings. The van der Waals surface area contributed by atoms with Crippen molar-refractivity contribution in [3.63, 3.8) is 0 Å². The van der Waals surface area contributed by atoms with E-state index in [1.807, 2.05) is 42.5 Å². The molecular formula is C31H25NO6. The molecular weight excluding hydrogens is 482 g/mol. The predicted octanol–water partition coefficient (Wildman–Crippen LogP) is 5.99. The maximum atomic E-state index is 12.4. The van der Waals surface area contributed by atoms with Gasteiger partial charge in [0, 0.05) is 23.2 Å². The fourth-order valence-corrected chi connectivity index (χ4v) is 3.58. The first-order chi connectivity index (χ1) is 18.5. The fraction of sp³-hybridized carbons (Fsp3) is 0.0968. The van der Waals surface area contributed by atoms with Gasteiger partial charge >= 0.3 is 5.97 Å². The van der Waals surface area contributed by atoms with Crippen molar-refractivity contribution in [2.24, 2.45) is 0 Å². The van der Waals surface area contributed by atoms with Gasteiger partial charge in [-0.05, 0) is 59.7 Å². The summed E-state index contributed by atoms with van der Waals surface area (Å²) in [5, 5.41) is 2.67. The van der Waals surface area contributed by atoms with Gasteiger partial charge in [0.1, 0.15) is 5.76 Å². The van der Waals surface area contributed by atoms with Gasteiger partial charge in [-0.1, -0.05) is 54.6 Å². The molecule has 1 heterocycles. The lowest BCUT2D eigenvalue weighted by Crippen LogP contribution is -2.17. The molecule has 0 atom stereocenters. The van der Waals surface area contributed by atoms with Crippen LogP contribution in [0.5, 0.6) is 0 Å². The number of carbonyl (C=O) groups excluding carboxylic acids is 4. The van der Waals surface area contributed by atoms with Crippen LogP contribution in [-0.4, -0.2) is 30.0 Å². The fourth-order valence-electron chi connectivity index (χ4n) is 3.58. The Labute approximate surface area is 219 Å². The van der Waals surface area contributed by atoms with E-state index in [9.17, 15) is 19.2 Å². The molecule has 0 aliphatic rings. The van der Waals surface area contributed by atoms with Crippen molar-refractivity contribution in [1.29, 1.82) is 0 Å². The molecule has 4 rings (SSSR count). The monoisotopic (exact) mass is 507 g/mol. The first-order valence-corrected chi connectivity index (χ1v) is 12.0. The Morgan fingerprint density at radius 2 is 1.42 bits per heavy atom. The van der Waals surface area contributed by atoms with E-state index in [4.69, 9.17) is 9.15 Å². The number of anilines is 1. The lowest BCUT2D eigenvalue weighted by atomic mass is 10.0. The Balaban J connectivity index is 1.18. The number of Topliss-reactive ketones (excluding diaryl/α,β-unsaturated/α-hetero) is 1. The number of carbonyl (C=O) groups is 4. The van der Waals surface area contributed by atoms with Crippen LogP contribution in [-0.2, 0) is 14.3 Å². The van der Waals surface area contributed by atoms with E-state index >= 15 is 0 Å². The van der Waals surface area contributed by atoms with Crippen molar-refractivity contribution in [1.82, 2.24) is 0 Å². The van der Waals surface area contributed by atoms with Crippen molar-refractivity contribution in [3.8, 4) is 11.1 Å². The molecule has 7 nitrogen and oxygen atoms in total. The molecule has 0 saturated heterocycles. The number of hydrogen-bond donors (Lipinski definition) is 1. The van der Waals surface area contributed by atoms with Gasteiger partial charge in [0.25, 0.3) is 0 Å². The molecule has 0 aliphatic carbocycles. The number of hydrogen-bond acceptors (Lipinski definition) is 6. The van der Waals surface area contributed by atoms with E-state index < -0.39 is 12.6 Å². The Kier molecular flexibility index (Phi) is 8.76. The highest BCUT2D eigenvalue weighted by molar-refractivity contribution is 6.07. The van der Waals surface area contributed by atoms with E-state index in [2.05, 4.69) is 5.32 Å². The zero-order chi connectivity index (χ0) is 26.7. The van der Waals surface area contributed by atoms with Crippen LogP contribution in [0, 0.1) is 0 Å². The maximum absolute atomic E-state index is 12.4. The van der Waals surface area contributed by atoms with Crippen LogP contribution in [0.1, 0.15) is 39.3 Å². The van der Waals surface area contributed by atoms with E-state index in [0.29, 0.717) is 22.6 Å². The summed E-state index contributed by atoms with van der Waals surface area (Å²) in [6, 6.07) is 26.7. The van der Waals surface area contributed by atoms with Crippen molar-refractivity contribution >= 4 is 35.2 Å². The summed E-state index contributed by atoms with van der Waals surface area (Å²) in [5.74, 6) is -0.984. The second-order valence-corrected chi connectivity index (χ2v) is 8.37. The second kappa shape index (κ2) is 12.8. The van der Waals surface area contributed by atoms with Gasteiger partial charge in [-0.3, -0.25) is 19.2 Å². The van der Waals surface area contributed by atoms with E-state index in [1.165, 1.54) is 12.3 Å². The smallest absolute Gasteiger partial charge is 0.306 e. The van der Waals surface area contributed by atoms with Crippen LogP contribution in [0.15, 0.2) is 108 Å². The zero-order valence-corrected chi connectivity index (χ0v) is 20.5. The van der Waals surface area contributed by atoms with E-state index in [-0.39, 0.29) is 30.3 Å². The average molecular weight is 508 g/mol. The third-order valence-corrected chi connectivity index (χ3v) is 5.63. The number of amides is 1. The number of rotatable bonds is 11. The summed E-state index contributed by atoms with van der Waals surface area (Å²) in [7, 11) is 0. The van der Waals surface area contributed by atoms with Crippen molar-refractivity contribution < 1.29 is 28.3 Å². The summed E-state index contributed by atoms with van der Waals surface area (Å²) in [4.78, 5) is 48.8. The molecule has 0 bridgehead atoms. The van der Waals surface area contributed by atoms with Gasteiger partial charge < -0.3 is 14.5 Å². The average Bonchev–Trinajstić information content (AvgIpc) is 3.48. The van der Waals surface area contributed by atoms with Gasteiger partial charge in [0.05, 0.1) is 12.7 Å².